The van der Waals surface area contributed by atoms with Crippen LogP contribution in [-0.4, -0.2) is 48.0 Å². The van der Waals surface area contributed by atoms with E-state index in [0.717, 1.165) is 18.4 Å². The van der Waals surface area contributed by atoms with E-state index in [-0.39, 0.29) is 41.0 Å². The van der Waals surface area contributed by atoms with Gasteiger partial charge in [-0.3, -0.25) is 4.79 Å². The Hall–Kier alpha value is -3.17. The first-order chi connectivity index (χ1) is 19.3. The second-order valence-electron chi connectivity index (χ2n) is 9.79. The Morgan fingerprint density at radius 2 is 1.70 bits per heavy atom. The third kappa shape index (κ3) is 6.75. The molecule has 208 valence electrons. The zero-order chi connectivity index (χ0) is 28.1. The smallest absolute Gasteiger partial charge is 0.255 e. The number of amides is 1. The minimum atomic E-state index is -3.80. The van der Waals surface area contributed by atoms with Gasteiger partial charge in [-0.25, -0.2) is 13.4 Å². The predicted molar refractivity (Wildman–Crippen MR) is 155 cm³/mol. The van der Waals surface area contributed by atoms with Crippen molar-refractivity contribution in [3.63, 3.8) is 0 Å². The van der Waals surface area contributed by atoms with Crippen LogP contribution in [0.3, 0.4) is 0 Å². The van der Waals surface area contributed by atoms with Crippen molar-refractivity contribution in [3.05, 3.63) is 117 Å². The Bertz CT molecular complexity index is 1570. The van der Waals surface area contributed by atoms with Crippen LogP contribution in [0.2, 0.25) is 10.0 Å². The summed E-state index contributed by atoms with van der Waals surface area (Å²) < 4.78 is 34.7. The highest BCUT2D eigenvalue weighted by Crippen LogP contribution is 2.26. The number of carbonyl (C=O) groups is 1. The largest absolute Gasteiger partial charge is 0.376 e. The lowest BCUT2D eigenvalue weighted by Gasteiger charge is -2.26. The van der Waals surface area contributed by atoms with Gasteiger partial charge in [-0.15, -0.1) is 0 Å². The third-order valence-corrected chi connectivity index (χ3v) is 8.96. The van der Waals surface area contributed by atoms with Gasteiger partial charge in [-0.2, -0.15) is 0 Å². The summed E-state index contributed by atoms with van der Waals surface area (Å²) in [6, 6.07) is 23.4. The molecular weight excluding hydrogens is 569 g/mol. The average Bonchev–Trinajstić information content (AvgIpc) is 3.59. The molecule has 0 saturated carbocycles. The summed E-state index contributed by atoms with van der Waals surface area (Å²) in [5.41, 5.74) is 2.49. The molecule has 0 radical (unpaired) electrons. The Morgan fingerprint density at radius 1 is 1.00 bits per heavy atom. The van der Waals surface area contributed by atoms with Crippen LogP contribution in [0.4, 0.5) is 0 Å². The molecule has 40 heavy (non-hydrogen) atoms. The lowest BCUT2D eigenvalue weighted by atomic mass is 10.1. The molecule has 0 bridgehead atoms. The lowest BCUT2D eigenvalue weighted by molar-refractivity contribution is 0.0502. The average molecular weight is 599 g/mol. The van der Waals surface area contributed by atoms with E-state index in [1.807, 2.05) is 48.5 Å². The van der Waals surface area contributed by atoms with E-state index >= 15 is 0 Å². The number of sulfone groups is 1. The van der Waals surface area contributed by atoms with E-state index in [2.05, 4.69) is 4.98 Å². The van der Waals surface area contributed by atoms with Gasteiger partial charge in [0.15, 0.2) is 0 Å². The monoisotopic (exact) mass is 597 g/mol. The molecule has 1 unspecified atom stereocenters. The van der Waals surface area contributed by atoms with Gasteiger partial charge in [0, 0.05) is 18.2 Å². The Morgan fingerprint density at radius 3 is 2.35 bits per heavy atom. The van der Waals surface area contributed by atoms with Crippen LogP contribution >= 0.6 is 23.2 Å². The van der Waals surface area contributed by atoms with Crippen molar-refractivity contribution in [2.45, 2.75) is 42.9 Å². The highest BCUT2D eigenvalue weighted by molar-refractivity contribution is 7.90. The molecular formula is C30H29Cl2N3O4S. The number of hydrogen-bond donors (Lipinski definition) is 0. The van der Waals surface area contributed by atoms with Crippen LogP contribution in [0.15, 0.2) is 90.2 Å². The number of aromatic nitrogens is 2. The van der Waals surface area contributed by atoms with Crippen molar-refractivity contribution in [2.75, 3.05) is 13.2 Å². The maximum atomic E-state index is 13.8. The second kappa shape index (κ2) is 12.6. The Labute approximate surface area is 244 Å². The van der Waals surface area contributed by atoms with Gasteiger partial charge >= 0.3 is 0 Å². The minimum absolute atomic E-state index is 0.0377. The first-order valence-electron chi connectivity index (χ1n) is 13.0. The predicted octanol–water partition coefficient (Wildman–Crippen LogP) is 6.03. The molecule has 10 heteroatoms. The molecule has 1 atom stereocenters. The fourth-order valence-corrected chi connectivity index (χ4v) is 6.82. The number of benzene rings is 3. The third-order valence-electron chi connectivity index (χ3n) is 6.81. The molecule has 1 amide bonds. The molecule has 3 aromatic carbocycles. The van der Waals surface area contributed by atoms with E-state index in [1.165, 1.54) is 6.07 Å². The van der Waals surface area contributed by atoms with Crippen LogP contribution in [0.5, 0.6) is 0 Å². The molecule has 1 aromatic heterocycles. The number of imidazole rings is 1. The quantitative estimate of drug-likeness (QED) is 0.223. The van der Waals surface area contributed by atoms with Gasteiger partial charge in [0.1, 0.15) is 0 Å². The van der Waals surface area contributed by atoms with Crippen molar-refractivity contribution >= 4 is 38.9 Å². The van der Waals surface area contributed by atoms with Crippen molar-refractivity contribution in [1.82, 2.24) is 14.5 Å². The summed E-state index contributed by atoms with van der Waals surface area (Å²) in [4.78, 5) is 19.8. The Kier molecular flexibility index (Phi) is 8.90. The second-order valence-corrected chi connectivity index (χ2v) is 12.5. The molecule has 1 aliphatic heterocycles. The lowest BCUT2D eigenvalue weighted by Crippen LogP contribution is -2.37. The number of halogens is 2. The molecule has 4 aromatic rings. The number of carbonyl (C=O) groups excluding carboxylic acids is 1. The van der Waals surface area contributed by atoms with E-state index in [1.54, 1.807) is 39.9 Å². The molecule has 0 N–H and O–H groups in total. The molecule has 1 fully saturated rings. The molecule has 1 aliphatic rings. The summed E-state index contributed by atoms with van der Waals surface area (Å²) >= 11 is 12.5. The number of hydrogen-bond acceptors (Lipinski definition) is 5. The van der Waals surface area contributed by atoms with E-state index < -0.39 is 9.84 Å². The van der Waals surface area contributed by atoms with Gasteiger partial charge in [0.25, 0.3) is 5.91 Å². The van der Waals surface area contributed by atoms with Crippen LogP contribution < -0.4 is 0 Å². The van der Waals surface area contributed by atoms with Crippen molar-refractivity contribution < 1.29 is 17.9 Å². The fourth-order valence-electron chi connectivity index (χ4n) is 4.84. The van der Waals surface area contributed by atoms with Gasteiger partial charge in [0.2, 0.25) is 15.0 Å². The topological polar surface area (TPSA) is 81.5 Å². The highest BCUT2D eigenvalue weighted by Gasteiger charge is 2.29. The molecule has 0 aliphatic carbocycles. The Balaban J connectivity index is 1.52. The minimum Gasteiger partial charge on any atom is -0.376 e. The number of rotatable bonds is 10. The first-order valence-corrected chi connectivity index (χ1v) is 15.4. The van der Waals surface area contributed by atoms with Crippen LogP contribution in [-0.2, 0) is 33.4 Å². The van der Waals surface area contributed by atoms with E-state index in [4.69, 9.17) is 27.9 Å². The van der Waals surface area contributed by atoms with Gasteiger partial charge in [-0.05, 0) is 42.2 Å². The molecule has 1 saturated heterocycles. The first kappa shape index (κ1) is 28.4. The molecule has 2 heterocycles. The van der Waals surface area contributed by atoms with E-state index in [9.17, 15) is 13.2 Å². The summed E-state index contributed by atoms with van der Waals surface area (Å²) in [5, 5.41) is 0.643. The summed E-state index contributed by atoms with van der Waals surface area (Å²) in [7, 11) is -3.80. The van der Waals surface area contributed by atoms with Crippen molar-refractivity contribution in [3.8, 4) is 0 Å². The van der Waals surface area contributed by atoms with Crippen LogP contribution in [0.25, 0.3) is 0 Å². The molecule has 7 nitrogen and oxygen atoms in total. The summed E-state index contributed by atoms with van der Waals surface area (Å²) in [6.45, 7) is 1.38. The van der Waals surface area contributed by atoms with Crippen molar-refractivity contribution in [2.24, 2.45) is 0 Å². The van der Waals surface area contributed by atoms with Gasteiger partial charge in [0.05, 0.1) is 47.4 Å². The highest BCUT2D eigenvalue weighted by atomic mass is 35.5. The SMILES string of the molecule is O=C(c1ccc(Cl)cc1Cl)N(Cc1cnc(S(=O)(=O)Cc2ccccc2)n1Cc1ccccc1)CC1CCCO1. The molecule has 0 spiro atoms. The van der Waals surface area contributed by atoms with Crippen LogP contribution in [0.1, 0.15) is 40.0 Å². The van der Waals surface area contributed by atoms with Crippen LogP contribution in [0, 0.1) is 0 Å². The zero-order valence-electron chi connectivity index (χ0n) is 21.7. The van der Waals surface area contributed by atoms with Gasteiger partial charge < -0.3 is 14.2 Å². The standard InChI is InChI=1S/C30H29Cl2N3O4S/c31-24-13-14-27(28(32)16-24)29(36)34(20-26-12-7-15-39-26)19-25-17-33-30(35(25)18-22-8-3-1-4-9-22)40(37,38)21-23-10-5-2-6-11-23/h1-6,8-11,13-14,16-17,26H,7,12,15,18-21H2. The maximum Gasteiger partial charge on any atom is 0.255 e. The normalized spacial score (nSPS) is 15.3. The number of ether oxygens (including phenoxy) is 1. The maximum absolute atomic E-state index is 13.8. The molecule has 5 rings (SSSR count). The van der Waals surface area contributed by atoms with Gasteiger partial charge in [-0.1, -0.05) is 83.9 Å². The number of nitrogens with zero attached hydrogens (tertiary/aromatic N) is 3. The summed E-state index contributed by atoms with van der Waals surface area (Å²) in [6.07, 6.45) is 3.17. The van der Waals surface area contributed by atoms with Crippen molar-refractivity contribution in [1.29, 1.82) is 0 Å². The van der Waals surface area contributed by atoms with E-state index in [0.29, 0.717) is 35.0 Å². The fraction of sp³-hybridized carbons (Fsp3) is 0.267. The zero-order valence-corrected chi connectivity index (χ0v) is 24.1. The summed E-state index contributed by atoms with van der Waals surface area (Å²) in [5.74, 6) is -0.476.